The number of halogens is 1. The van der Waals surface area contributed by atoms with E-state index in [4.69, 9.17) is 11.6 Å². The molecule has 2 rings (SSSR count). The molecule has 1 aromatic heterocycles. The quantitative estimate of drug-likeness (QED) is 0.897. The number of amides is 1. The van der Waals surface area contributed by atoms with Gasteiger partial charge in [0.2, 0.25) is 0 Å². The van der Waals surface area contributed by atoms with Crippen LogP contribution in [0.4, 0.5) is 5.69 Å². The fraction of sp³-hybridized carbons (Fsp3) is 0.154. The highest BCUT2D eigenvalue weighted by Gasteiger charge is 2.09. The van der Waals surface area contributed by atoms with Gasteiger partial charge in [-0.1, -0.05) is 11.6 Å². The van der Waals surface area contributed by atoms with Gasteiger partial charge in [-0.05, 0) is 18.2 Å². The van der Waals surface area contributed by atoms with Gasteiger partial charge in [0, 0.05) is 25.1 Å². The normalized spacial score (nSPS) is 10.0. The highest BCUT2D eigenvalue weighted by molar-refractivity contribution is 6.34. The minimum absolute atomic E-state index is 0.215. The van der Waals surface area contributed by atoms with Crippen molar-refractivity contribution in [2.24, 2.45) is 0 Å². The lowest BCUT2D eigenvalue weighted by atomic mass is 10.2. The van der Waals surface area contributed by atoms with Crippen LogP contribution < -0.4 is 10.6 Å². The molecule has 1 aromatic carbocycles. The summed E-state index contributed by atoms with van der Waals surface area (Å²) in [4.78, 5) is 19.8. The van der Waals surface area contributed by atoms with E-state index in [1.54, 1.807) is 37.8 Å². The lowest BCUT2D eigenvalue weighted by Crippen LogP contribution is -2.18. The number of carbonyl (C=O) groups is 1. The van der Waals surface area contributed by atoms with Crippen molar-refractivity contribution in [3.8, 4) is 0 Å². The predicted molar refractivity (Wildman–Crippen MR) is 74.2 cm³/mol. The summed E-state index contributed by atoms with van der Waals surface area (Å²) in [7, 11) is 1.57. The van der Waals surface area contributed by atoms with Gasteiger partial charge in [-0.3, -0.25) is 14.8 Å². The average Bonchev–Trinajstić information content (AvgIpc) is 2.46. The summed E-state index contributed by atoms with van der Waals surface area (Å²) in [6.45, 7) is 0.530. The fourth-order valence-electron chi connectivity index (χ4n) is 1.56. The van der Waals surface area contributed by atoms with Crippen molar-refractivity contribution in [1.29, 1.82) is 0 Å². The summed E-state index contributed by atoms with van der Waals surface area (Å²) in [5, 5.41) is 6.14. The first-order valence-corrected chi connectivity index (χ1v) is 6.09. The van der Waals surface area contributed by atoms with Crippen LogP contribution in [0.15, 0.2) is 36.8 Å². The highest BCUT2D eigenvalue weighted by atomic mass is 35.5. The Kier molecular flexibility index (Phi) is 4.30. The summed E-state index contributed by atoms with van der Waals surface area (Å²) in [6, 6.07) is 5.20. The Labute approximate surface area is 116 Å². The molecule has 0 radical (unpaired) electrons. The molecule has 6 heteroatoms. The number of hydrogen-bond acceptors (Lipinski definition) is 4. The first-order chi connectivity index (χ1) is 9.20. The standard InChI is InChI=1S/C13H13ClN4O/c1-15-13(19)11-6-9(2-3-12(11)14)18-8-10-7-16-4-5-17-10/h2-7,18H,8H2,1H3,(H,15,19). The Morgan fingerprint density at radius 1 is 1.37 bits per heavy atom. The maximum absolute atomic E-state index is 11.6. The molecule has 98 valence electrons. The molecule has 0 aliphatic rings. The van der Waals surface area contributed by atoms with E-state index in [1.165, 1.54) is 0 Å². The van der Waals surface area contributed by atoms with E-state index in [9.17, 15) is 4.79 Å². The molecule has 0 unspecified atom stereocenters. The molecular formula is C13H13ClN4O. The van der Waals surface area contributed by atoms with E-state index >= 15 is 0 Å². The molecule has 0 saturated carbocycles. The van der Waals surface area contributed by atoms with Crippen molar-refractivity contribution in [2.45, 2.75) is 6.54 Å². The smallest absolute Gasteiger partial charge is 0.252 e. The summed E-state index contributed by atoms with van der Waals surface area (Å²) < 4.78 is 0. The first-order valence-electron chi connectivity index (χ1n) is 5.71. The molecule has 0 atom stereocenters. The van der Waals surface area contributed by atoms with Crippen LogP contribution in [-0.2, 0) is 6.54 Å². The van der Waals surface area contributed by atoms with Crippen LogP contribution >= 0.6 is 11.6 Å². The van der Waals surface area contributed by atoms with Crippen molar-refractivity contribution in [1.82, 2.24) is 15.3 Å². The number of nitrogens with zero attached hydrogens (tertiary/aromatic N) is 2. The number of anilines is 1. The SMILES string of the molecule is CNC(=O)c1cc(NCc2cnccn2)ccc1Cl. The van der Waals surface area contributed by atoms with E-state index in [1.807, 2.05) is 6.07 Å². The molecule has 2 N–H and O–H groups in total. The topological polar surface area (TPSA) is 66.9 Å². The zero-order valence-corrected chi connectivity index (χ0v) is 11.1. The van der Waals surface area contributed by atoms with Gasteiger partial charge in [-0.25, -0.2) is 0 Å². The second-order valence-electron chi connectivity index (χ2n) is 3.82. The third-order valence-corrected chi connectivity index (χ3v) is 2.86. The molecule has 0 saturated heterocycles. The Hall–Kier alpha value is -2.14. The van der Waals surface area contributed by atoms with E-state index in [2.05, 4.69) is 20.6 Å². The highest BCUT2D eigenvalue weighted by Crippen LogP contribution is 2.20. The molecule has 1 heterocycles. The number of carbonyl (C=O) groups excluding carboxylic acids is 1. The molecule has 0 aliphatic heterocycles. The molecule has 0 fully saturated rings. The van der Waals surface area contributed by atoms with Gasteiger partial charge in [0.15, 0.2) is 0 Å². The van der Waals surface area contributed by atoms with Crippen molar-refractivity contribution >= 4 is 23.2 Å². The maximum atomic E-state index is 11.6. The molecule has 1 amide bonds. The third-order valence-electron chi connectivity index (χ3n) is 2.53. The minimum Gasteiger partial charge on any atom is -0.379 e. The second-order valence-corrected chi connectivity index (χ2v) is 4.23. The molecular weight excluding hydrogens is 264 g/mol. The number of hydrogen-bond donors (Lipinski definition) is 2. The largest absolute Gasteiger partial charge is 0.379 e. The van der Waals surface area contributed by atoms with Crippen molar-refractivity contribution in [2.75, 3.05) is 12.4 Å². The summed E-state index contributed by atoms with van der Waals surface area (Å²) in [6.07, 6.45) is 4.94. The van der Waals surface area contributed by atoms with Gasteiger partial charge in [-0.15, -0.1) is 0 Å². The zero-order chi connectivity index (χ0) is 13.7. The van der Waals surface area contributed by atoms with Gasteiger partial charge in [0.1, 0.15) is 0 Å². The Balaban J connectivity index is 2.11. The van der Waals surface area contributed by atoms with Crippen molar-refractivity contribution in [3.05, 3.63) is 53.1 Å². The summed E-state index contributed by atoms with van der Waals surface area (Å²) in [5.41, 5.74) is 2.06. The van der Waals surface area contributed by atoms with E-state index in [-0.39, 0.29) is 5.91 Å². The molecule has 0 aliphatic carbocycles. The van der Waals surface area contributed by atoms with E-state index in [0.29, 0.717) is 17.1 Å². The number of nitrogens with one attached hydrogen (secondary N) is 2. The number of rotatable bonds is 4. The third kappa shape index (κ3) is 3.42. The van der Waals surface area contributed by atoms with Crippen LogP contribution in [0.5, 0.6) is 0 Å². The summed E-state index contributed by atoms with van der Waals surface area (Å²) >= 11 is 5.98. The predicted octanol–water partition coefficient (Wildman–Crippen LogP) is 2.10. The molecule has 2 aromatic rings. The van der Waals surface area contributed by atoms with Gasteiger partial charge < -0.3 is 10.6 Å². The summed E-state index contributed by atoms with van der Waals surface area (Å²) in [5.74, 6) is -0.215. The molecule has 0 bridgehead atoms. The van der Waals surface area contributed by atoms with Crippen LogP contribution in [0.2, 0.25) is 5.02 Å². The second kappa shape index (κ2) is 6.15. The Morgan fingerprint density at radius 3 is 2.89 bits per heavy atom. The van der Waals surface area contributed by atoms with Crippen LogP contribution in [0.1, 0.15) is 16.1 Å². The van der Waals surface area contributed by atoms with Crippen LogP contribution in [0.25, 0.3) is 0 Å². The minimum atomic E-state index is -0.215. The van der Waals surface area contributed by atoms with Gasteiger partial charge in [-0.2, -0.15) is 0 Å². The zero-order valence-electron chi connectivity index (χ0n) is 10.4. The van der Waals surface area contributed by atoms with Gasteiger partial charge in [0.05, 0.1) is 29.0 Å². The molecule has 0 spiro atoms. The van der Waals surface area contributed by atoms with Crippen molar-refractivity contribution in [3.63, 3.8) is 0 Å². The lowest BCUT2D eigenvalue weighted by molar-refractivity contribution is 0.0963. The molecule has 19 heavy (non-hydrogen) atoms. The van der Waals surface area contributed by atoms with Gasteiger partial charge >= 0.3 is 0 Å². The van der Waals surface area contributed by atoms with Crippen LogP contribution in [-0.4, -0.2) is 22.9 Å². The fourth-order valence-corrected chi connectivity index (χ4v) is 1.76. The number of benzene rings is 1. The van der Waals surface area contributed by atoms with Crippen molar-refractivity contribution < 1.29 is 4.79 Å². The Morgan fingerprint density at radius 2 is 2.21 bits per heavy atom. The monoisotopic (exact) mass is 276 g/mol. The first kappa shape index (κ1) is 13.3. The van der Waals surface area contributed by atoms with Crippen LogP contribution in [0.3, 0.4) is 0 Å². The average molecular weight is 277 g/mol. The molecule has 5 nitrogen and oxygen atoms in total. The number of aromatic nitrogens is 2. The van der Waals surface area contributed by atoms with E-state index in [0.717, 1.165) is 11.4 Å². The Bertz CT molecular complexity index is 574. The van der Waals surface area contributed by atoms with E-state index < -0.39 is 0 Å². The lowest BCUT2D eigenvalue weighted by Gasteiger charge is -2.09. The van der Waals surface area contributed by atoms with Crippen LogP contribution in [0, 0.1) is 0 Å². The maximum Gasteiger partial charge on any atom is 0.252 e. The van der Waals surface area contributed by atoms with Gasteiger partial charge in [0.25, 0.3) is 5.91 Å².